The van der Waals surface area contributed by atoms with Gasteiger partial charge < -0.3 is 0 Å². The second-order valence-corrected chi connectivity index (χ2v) is 2.68. The highest BCUT2D eigenvalue weighted by molar-refractivity contribution is 6.43. The van der Waals surface area contributed by atoms with Gasteiger partial charge in [-0.25, -0.2) is 8.78 Å². The average Bonchev–Trinajstić information content (AvgIpc) is 2.08. The van der Waals surface area contributed by atoms with Gasteiger partial charge in [0.2, 0.25) is 5.39 Å². The molecule has 2 nitrogen and oxygen atoms in total. The van der Waals surface area contributed by atoms with E-state index in [4.69, 9.17) is 28.6 Å². The summed E-state index contributed by atoms with van der Waals surface area (Å²) in [5.41, 5.74) is -0.305. The summed E-state index contributed by atoms with van der Waals surface area (Å²) >= 11 is 10.6. The van der Waals surface area contributed by atoms with E-state index in [1.807, 2.05) is 0 Å². The first-order valence-corrected chi connectivity index (χ1v) is 3.51. The molecule has 1 rings (SSSR count). The summed E-state index contributed by atoms with van der Waals surface area (Å²) in [6, 6.07) is 0.642. The van der Waals surface area contributed by atoms with Gasteiger partial charge >= 0.3 is 5.69 Å². The average molecular weight is 210 g/mol. The molecule has 1 aromatic carbocycles. The second kappa shape index (κ2) is 3.21. The molecular formula is C6HCl2F2N2+. The zero-order valence-corrected chi connectivity index (χ0v) is 7.00. The van der Waals surface area contributed by atoms with Gasteiger partial charge in [0.25, 0.3) is 0 Å². The number of hydrogen-bond donors (Lipinski definition) is 0. The van der Waals surface area contributed by atoms with Gasteiger partial charge in [0.1, 0.15) is 5.02 Å². The molecule has 0 atom stereocenters. The maximum Gasteiger partial charge on any atom is 0.408 e. The fraction of sp³-hybridized carbons (Fsp3) is 0. The van der Waals surface area contributed by atoms with Crippen LogP contribution in [0.5, 0.6) is 0 Å². The van der Waals surface area contributed by atoms with E-state index in [0.717, 1.165) is 0 Å². The van der Waals surface area contributed by atoms with E-state index in [2.05, 4.69) is 4.98 Å². The van der Waals surface area contributed by atoms with Crippen LogP contribution in [-0.2, 0) is 0 Å². The number of hydrogen-bond acceptors (Lipinski definition) is 1. The molecule has 12 heavy (non-hydrogen) atoms. The summed E-state index contributed by atoms with van der Waals surface area (Å²) in [6.45, 7) is 0. The minimum atomic E-state index is -1.26. The molecule has 0 unspecified atom stereocenters. The summed E-state index contributed by atoms with van der Waals surface area (Å²) < 4.78 is 25.1. The number of diazo groups is 1. The lowest BCUT2D eigenvalue weighted by atomic mass is 10.3. The van der Waals surface area contributed by atoms with Crippen molar-refractivity contribution in [2.24, 2.45) is 0 Å². The highest BCUT2D eigenvalue weighted by atomic mass is 35.5. The van der Waals surface area contributed by atoms with Crippen LogP contribution in [0.2, 0.25) is 10.0 Å². The topological polar surface area (TPSA) is 28.1 Å². The van der Waals surface area contributed by atoms with Gasteiger partial charge in [0.15, 0.2) is 21.6 Å². The largest absolute Gasteiger partial charge is 0.408 e. The summed E-state index contributed by atoms with van der Waals surface area (Å²) in [6.07, 6.45) is 0. The SMILES string of the molecule is N#[N+]c1cc(F)c(F)c(Cl)c1Cl. The number of benzene rings is 1. The molecule has 1 aromatic rings. The molecule has 0 saturated heterocycles. The third kappa shape index (κ3) is 1.33. The minimum Gasteiger partial charge on any atom is -0.203 e. The van der Waals surface area contributed by atoms with E-state index < -0.39 is 16.7 Å². The van der Waals surface area contributed by atoms with Crippen LogP contribution in [0.1, 0.15) is 0 Å². The first kappa shape index (κ1) is 9.17. The van der Waals surface area contributed by atoms with Crippen molar-refractivity contribution in [3.05, 3.63) is 32.7 Å². The second-order valence-electron chi connectivity index (χ2n) is 1.92. The lowest BCUT2D eigenvalue weighted by Gasteiger charge is -1.94. The zero-order chi connectivity index (χ0) is 9.30. The molecular weight excluding hydrogens is 209 g/mol. The molecule has 0 amide bonds. The molecule has 0 saturated carbocycles. The summed E-state index contributed by atoms with van der Waals surface area (Å²) in [4.78, 5) is 2.61. The van der Waals surface area contributed by atoms with Crippen LogP contribution in [0.15, 0.2) is 6.07 Å². The van der Waals surface area contributed by atoms with E-state index in [9.17, 15) is 8.78 Å². The van der Waals surface area contributed by atoms with Gasteiger partial charge in [-0.2, -0.15) is 0 Å². The Kier molecular flexibility index (Phi) is 2.46. The fourth-order valence-corrected chi connectivity index (χ4v) is 0.996. The van der Waals surface area contributed by atoms with Crippen molar-refractivity contribution in [3.63, 3.8) is 0 Å². The first-order chi connectivity index (χ1) is 5.57. The van der Waals surface area contributed by atoms with Gasteiger partial charge in [-0.05, 0) is 0 Å². The van der Waals surface area contributed by atoms with E-state index >= 15 is 0 Å². The van der Waals surface area contributed by atoms with E-state index in [-0.39, 0.29) is 10.7 Å². The maximum atomic E-state index is 12.6. The van der Waals surface area contributed by atoms with Gasteiger partial charge in [0, 0.05) is 0 Å². The monoisotopic (exact) mass is 209 g/mol. The van der Waals surface area contributed by atoms with Crippen molar-refractivity contribution in [1.29, 1.82) is 5.39 Å². The smallest absolute Gasteiger partial charge is 0.203 e. The first-order valence-electron chi connectivity index (χ1n) is 2.76. The van der Waals surface area contributed by atoms with Crippen molar-refractivity contribution in [3.8, 4) is 0 Å². The molecule has 0 spiro atoms. The number of rotatable bonds is 0. The predicted molar refractivity (Wildman–Crippen MR) is 41.1 cm³/mol. The fourth-order valence-electron chi connectivity index (χ4n) is 0.633. The van der Waals surface area contributed by atoms with Crippen molar-refractivity contribution >= 4 is 28.9 Å². The Labute approximate surface area is 76.3 Å². The van der Waals surface area contributed by atoms with E-state index in [0.29, 0.717) is 6.07 Å². The molecule has 6 heteroatoms. The van der Waals surface area contributed by atoms with Gasteiger partial charge in [-0.15, -0.1) is 0 Å². The highest BCUT2D eigenvalue weighted by Gasteiger charge is 2.22. The van der Waals surface area contributed by atoms with Gasteiger partial charge in [-0.1, -0.05) is 23.2 Å². The van der Waals surface area contributed by atoms with Crippen LogP contribution in [0, 0.1) is 17.0 Å². The van der Waals surface area contributed by atoms with Crippen LogP contribution in [0.4, 0.5) is 14.5 Å². The number of halogens is 4. The Morgan fingerprint density at radius 2 is 1.83 bits per heavy atom. The third-order valence-electron chi connectivity index (χ3n) is 1.19. The van der Waals surface area contributed by atoms with E-state index in [1.54, 1.807) is 0 Å². The summed E-state index contributed by atoms with van der Waals surface area (Å²) in [5, 5.41) is 7.34. The normalized spacial score (nSPS) is 9.58. The molecule has 0 aliphatic carbocycles. The molecule has 0 N–H and O–H groups in total. The molecule has 62 valence electrons. The Bertz CT molecular complexity index is 373. The lowest BCUT2D eigenvalue weighted by Crippen LogP contribution is -1.85. The number of nitrogens with zero attached hydrogens (tertiary/aromatic N) is 2. The van der Waals surface area contributed by atoms with Crippen LogP contribution in [-0.4, -0.2) is 0 Å². The Hall–Kier alpha value is -0.920. The van der Waals surface area contributed by atoms with Crippen molar-refractivity contribution in [2.75, 3.05) is 0 Å². The summed E-state index contributed by atoms with van der Waals surface area (Å²) in [5.74, 6) is -2.47. The Morgan fingerprint density at radius 3 is 2.33 bits per heavy atom. The predicted octanol–water partition coefficient (Wildman–Crippen LogP) is 3.76. The molecule has 0 heterocycles. The molecule has 0 aliphatic heterocycles. The zero-order valence-electron chi connectivity index (χ0n) is 5.48. The van der Waals surface area contributed by atoms with Crippen LogP contribution < -0.4 is 0 Å². The molecule has 0 aromatic heterocycles. The Balaban J connectivity index is 3.52. The quantitative estimate of drug-likeness (QED) is 0.364. The third-order valence-corrected chi connectivity index (χ3v) is 2.03. The summed E-state index contributed by atoms with van der Waals surface area (Å²) in [7, 11) is 0. The lowest BCUT2D eigenvalue weighted by molar-refractivity contribution is 0.509. The molecule has 0 aliphatic rings. The highest BCUT2D eigenvalue weighted by Crippen LogP contribution is 2.35. The molecule has 0 radical (unpaired) electrons. The molecule has 0 fully saturated rings. The van der Waals surface area contributed by atoms with Gasteiger partial charge in [-0.3, -0.25) is 0 Å². The van der Waals surface area contributed by atoms with Crippen LogP contribution in [0.3, 0.4) is 0 Å². The van der Waals surface area contributed by atoms with Crippen molar-refractivity contribution in [2.45, 2.75) is 0 Å². The van der Waals surface area contributed by atoms with Gasteiger partial charge in [0.05, 0.1) is 6.07 Å². The Morgan fingerprint density at radius 1 is 1.25 bits per heavy atom. The van der Waals surface area contributed by atoms with Crippen LogP contribution >= 0.6 is 23.2 Å². The standard InChI is InChI=1S/C6HCl2F2N2/c7-4-3(12-11)1-2(9)6(10)5(4)8/h1H/q+1. The minimum absolute atomic E-state index is 0.305. The van der Waals surface area contributed by atoms with Crippen LogP contribution in [0.25, 0.3) is 4.98 Å². The van der Waals surface area contributed by atoms with E-state index in [1.165, 1.54) is 0 Å². The van der Waals surface area contributed by atoms with Crippen molar-refractivity contribution < 1.29 is 8.78 Å². The maximum absolute atomic E-state index is 12.6. The van der Waals surface area contributed by atoms with Crippen molar-refractivity contribution in [1.82, 2.24) is 0 Å². The molecule has 0 bridgehead atoms.